The Balaban J connectivity index is 4.21. The van der Waals surface area contributed by atoms with Gasteiger partial charge in [0.2, 0.25) is 0 Å². The fraction of sp³-hybridized carbons (Fsp3) is 1.00. The molecule has 0 amide bonds. The average molecular weight is 280 g/mol. The number of nitrogens with zero attached hydrogens (tertiary/aromatic N) is 1. The fourth-order valence-corrected chi connectivity index (χ4v) is 2.81. The van der Waals surface area contributed by atoms with Gasteiger partial charge in [0.05, 0.1) is 0 Å². The molecule has 2 N–H and O–H groups in total. The normalized spacial score (nSPS) is 14.1. The van der Waals surface area contributed by atoms with E-state index in [0.29, 0.717) is 19.5 Å². The minimum Gasteiger partial charge on any atom is -0.396 e. The number of unbranched alkanes of at least 4 members (excludes halogenated alkanes) is 1. The van der Waals surface area contributed by atoms with Gasteiger partial charge in [-0.15, -0.1) is 0 Å². The van der Waals surface area contributed by atoms with E-state index in [1.54, 1.807) is 7.05 Å². The number of aliphatic hydroxyl groups is 1. The third kappa shape index (κ3) is 7.31. The molecule has 0 aromatic rings. The molecule has 110 valence electrons. The SMILES string of the molecule is CCCCN(C)S(=O)(=O)NCC(CCC)CCO. The molecular formula is C12H28N2O3S. The first-order valence-corrected chi connectivity index (χ1v) is 8.23. The predicted octanol–water partition coefficient (Wildman–Crippen LogP) is 1.35. The molecule has 0 aromatic heterocycles. The molecule has 0 aromatic carbocycles. The topological polar surface area (TPSA) is 69.6 Å². The number of aliphatic hydroxyl groups excluding tert-OH is 1. The van der Waals surface area contributed by atoms with Crippen molar-refractivity contribution in [1.82, 2.24) is 9.03 Å². The smallest absolute Gasteiger partial charge is 0.279 e. The third-order valence-electron chi connectivity index (χ3n) is 3.03. The lowest BCUT2D eigenvalue weighted by atomic mass is 10.0. The van der Waals surface area contributed by atoms with Gasteiger partial charge in [-0.2, -0.15) is 12.7 Å². The van der Waals surface area contributed by atoms with Crippen molar-refractivity contribution in [3.05, 3.63) is 0 Å². The second-order valence-electron chi connectivity index (χ2n) is 4.70. The Morgan fingerprint density at radius 1 is 1.22 bits per heavy atom. The molecule has 0 rings (SSSR count). The maximum atomic E-state index is 11.9. The lowest BCUT2D eigenvalue weighted by molar-refractivity contribution is 0.251. The Hall–Kier alpha value is -0.170. The first-order valence-electron chi connectivity index (χ1n) is 6.79. The second-order valence-corrected chi connectivity index (χ2v) is 6.56. The lowest BCUT2D eigenvalue weighted by Crippen LogP contribution is -2.40. The van der Waals surface area contributed by atoms with Crippen molar-refractivity contribution in [3.63, 3.8) is 0 Å². The van der Waals surface area contributed by atoms with Gasteiger partial charge in [-0.05, 0) is 25.2 Å². The van der Waals surface area contributed by atoms with Crippen LogP contribution in [0.2, 0.25) is 0 Å². The van der Waals surface area contributed by atoms with Crippen LogP contribution in [0.25, 0.3) is 0 Å². The van der Waals surface area contributed by atoms with Gasteiger partial charge in [-0.3, -0.25) is 0 Å². The molecule has 0 fully saturated rings. The van der Waals surface area contributed by atoms with E-state index >= 15 is 0 Å². The van der Waals surface area contributed by atoms with Crippen LogP contribution >= 0.6 is 0 Å². The summed E-state index contributed by atoms with van der Waals surface area (Å²) in [4.78, 5) is 0. The van der Waals surface area contributed by atoms with E-state index in [1.165, 1.54) is 4.31 Å². The molecule has 6 heteroatoms. The van der Waals surface area contributed by atoms with Gasteiger partial charge in [0, 0.05) is 26.7 Å². The summed E-state index contributed by atoms with van der Waals surface area (Å²) in [6.07, 6.45) is 4.42. The van der Waals surface area contributed by atoms with Crippen molar-refractivity contribution in [1.29, 1.82) is 0 Å². The van der Waals surface area contributed by atoms with E-state index in [1.807, 2.05) is 6.92 Å². The summed E-state index contributed by atoms with van der Waals surface area (Å²) in [6.45, 7) is 5.16. The molecule has 1 unspecified atom stereocenters. The quantitative estimate of drug-likeness (QED) is 0.600. The molecule has 0 aliphatic carbocycles. The zero-order chi connectivity index (χ0) is 14.0. The Bertz CT molecular complexity index is 288. The van der Waals surface area contributed by atoms with Crippen molar-refractivity contribution < 1.29 is 13.5 Å². The van der Waals surface area contributed by atoms with Gasteiger partial charge < -0.3 is 5.11 Å². The van der Waals surface area contributed by atoms with Gasteiger partial charge in [0.25, 0.3) is 10.2 Å². The molecule has 5 nitrogen and oxygen atoms in total. The molecule has 0 saturated carbocycles. The van der Waals surface area contributed by atoms with E-state index < -0.39 is 10.2 Å². The van der Waals surface area contributed by atoms with E-state index in [0.717, 1.165) is 25.7 Å². The van der Waals surface area contributed by atoms with Crippen molar-refractivity contribution >= 4 is 10.2 Å². The van der Waals surface area contributed by atoms with Gasteiger partial charge >= 0.3 is 0 Å². The van der Waals surface area contributed by atoms with Crippen LogP contribution in [-0.2, 0) is 10.2 Å². The number of rotatable bonds is 11. The van der Waals surface area contributed by atoms with E-state index in [9.17, 15) is 8.42 Å². The molecule has 0 heterocycles. The van der Waals surface area contributed by atoms with Crippen LogP contribution < -0.4 is 4.72 Å². The van der Waals surface area contributed by atoms with Crippen LogP contribution in [0.5, 0.6) is 0 Å². The molecule has 1 atom stereocenters. The van der Waals surface area contributed by atoms with Crippen molar-refractivity contribution in [2.24, 2.45) is 5.92 Å². The van der Waals surface area contributed by atoms with E-state index in [2.05, 4.69) is 11.6 Å². The van der Waals surface area contributed by atoms with Crippen LogP contribution in [0.1, 0.15) is 46.0 Å². The Kier molecular flexibility index (Phi) is 9.63. The summed E-state index contributed by atoms with van der Waals surface area (Å²) >= 11 is 0. The highest BCUT2D eigenvalue weighted by molar-refractivity contribution is 7.87. The highest BCUT2D eigenvalue weighted by Gasteiger charge is 2.18. The van der Waals surface area contributed by atoms with Gasteiger partial charge in [0.15, 0.2) is 0 Å². The summed E-state index contributed by atoms with van der Waals surface area (Å²) in [6, 6.07) is 0. The predicted molar refractivity (Wildman–Crippen MR) is 74.6 cm³/mol. The molecule has 18 heavy (non-hydrogen) atoms. The molecule has 0 spiro atoms. The number of hydrogen-bond acceptors (Lipinski definition) is 3. The maximum Gasteiger partial charge on any atom is 0.279 e. The average Bonchev–Trinajstić information content (AvgIpc) is 2.33. The first kappa shape index (κ1) is 17.8. The summed E-state index contributed by atoms with van der Waals surface area (Å²) < 4.78 is 27.8. The maximum absolute atomic E-state index is 11.9. The van der Waals surface area contributed by atoms with Gasteiger partial charge in [-0.25, -0.2) is 4.72 Å². The van der Waals surface area contributed by atoms with Crippen LogP contribution in [0, 0.1) is 5.92 Å². The van der Waals surface area contributed by atoms with Gasteiger partial charge in [0.1, 0.15) is 0 Å². The van der Waals surface area contributed by atoms with Crippen molar-refractivity contribution in [2.45, 2.75) is 46.0 Å². The standard InChI is InChI=1S/C12H28N2O3S/c1-4-6-9-14(3)18(16,17)13-11-12(7-5-2)8-10-15/h12-13,15H,4-11H2,1-3H3. The summed E-state index contributed by atoms with van der Waals surface area (Å²) in [7, 11) is -1.77. The van der Waals surface area contributed by atoms with Crippen LogP contribution in [0.15, 0.2) is 0 Å². The van der Waals surface area contributed by atoms with Crippen LogP contribution in [-0.4, -0.2) is 44.6 Å². The number of nitrogens with one attached hydrogen (secondary N) is 1. The van der Waals surface area contributed by atoms with Crippen molar-refractivity contribution in [3.8, 4) is 0 Å². The summed E-state index contributed by atoms with van der Waals surface area (Å²) in [5.41, 5.74) is 0. The fourth-order valence-electron chi connectivity index (χ4n) is 1.77. The molecule has 0 aliphatic heterocycles. The molecule has 0 aliphatic rings. The first-order chi connectivity index (χ1) is 8.47. The Morgan fingerprint density at radius 2 is 1.89 bits per heavy atom. The minimum absolute atomic E-state index is 0.109. The van der Waals surface area contributed by atoms with Crippen LogP contribution in [0.4, 0.5) is 0 Å². The summed E-state index contributed by atoms with van der Waals surface area (Å²) in [5, 5.41) is 8.93. The van der Waals surface area contributed by atoms with Crippen molar-refractivity contribution in [2.75, 3.05) is 26.7 Å². The highest BCUT2D eigenvalue weighted by atomic mass is 32.2. The zero-order valence-electron chi connectivity index (χ0n) is 11.9. The van der Waals surface area contributed by atoms with Crippen LogP contribution in [0.3, 0.4) is 0 Å². The largest absolute Gasteiger partial charge is 0.396 e. The van der Waals surface area contributed by atoms with E-state index in [-0.39, 0.29) is 12.5 Å². The molecule has 0 radical (unpaired) electrons. The van der Waals surface area contributed by atoms with E-state index in [4.69, 9.17) is 5.11 Å². The lowest BCUT2D eigenvalue weighted by Gasteiger charge is -2.20. The third-order valence-corrected chi connectivity index (χ3v) is 4.56. The number of hydrogen-bond donors (Lipinski definition) is 2. The molecular weight excluding hydrogens is 252 g/mol. The highest BCUT2D eigenvalue weighted by Crippen LogP contribution is 2.10. The molecule has 0 bridgehead atoms. The van der Waals surface area contributed by atoms with Gasteiger partial charge in [-0.1, -0.05) is 26.7 Å². The Morgan fingerprint density at radius 3 is 2.39 bits per heavy atom. The molecule has 0 saturated heterocycles. The summed E-state index contributed by atoms with van der Waals surface area (Å²) in [5.74, 6) is 0.217. The zero-order valence-corrected chi connectivity index (χ0v) is 12.7. The Labute approximate surface area is 112 Å². The second kappa shape index (κ2) is 9.72. The minimum atomic E-state index is -3.36. The monoisotopic (exact) mass is 280 g/mol.